The second-order valence-electron chi connectivity index (χ2n) is 6.52. The number of benzene rings is 2. The van der Waals surface area contributed by atoms with Crippen molar-refractivity contribution < 1.29 is 23.1 Å². The number of aromatic nitrogens is 2. The first-order chi connectivity index (χ1) is 15.1. The van der Waals surface area contributed by atoms with Crippen LogP contribution < -0.4 is 20.1 Å². The molecule has 9 heteroatoms. The fourth-order valence-corrected chi connectivity index (χ4v) is 2.89. The number of fused-ring (bicyclic) bond motifs is 1. The third kappa shape index (κ3) is 4.55. The largest absolute Gasteiger partial charge is 0.497 e. The Morgan fingerprint density at radius 1 is 1.10 bits per heavy atom. The second kappa shape index (κ2) is 8.70. The van der Waals surface area contributed by atoms with Crippen molar-refractivity contribution in [3.8, 4) is 17.2 Å². The van der Waals surface area contributed by atoms with Gasteiger partial charge in [0, 0.05) is 37.5 Å². The molecule has 0 aliphatic heterocycles. The molecular weight excluding hydrogens is 403 g/mol. The number of halogens is 1. The molecular formula is C22H19FN4O4. The molecule has 0 aliphatic carbocycles. The summed E-state index contributed by atoms with van der Waals surface area (Å²) in [4.78, 5) is 20.1. The van der Waals surface area contributed by atoms with E-state index >= 15 is 0 Å². The van der Waals surface area contributed by atoms with Gasteiger partial charge in [0.2, 0.25) is 0 Å². The van der Waals surface area contributed by atoms with E-state index in [4.69, 9.17) is 13.9 Å². The number of carbonyl (C=O) groups excluding carboxylic acids is 1. The lowest BCUT2D eigenvalue weighted by Gasteiger charge is -2.06. The lowest BCUT2D eigenvalue weighted by atomic mass is 10.2. The Balaban J connectivity index is 1.49. The summed E-state index contributed by atoms with van der Waals surface area (Å²) in [6.45, 7) is 0.179. The Bertz CT molecular complexity index is 1240. The van der Waals surface area contributed by atoms with Gasteiger partial charge in [0.25, 0.3) is 11.9 Å². The van der Waals surface area contributed by atoms with Gasteiger partial charge in [-0.2, -0.15) is 4.98 Å². The van der Waals surface area contributed by atoms with Gasteiger partial charge in [-0.3, -0.25) is 9.78 Å². The quantitative estimate of drug-likeness (QED) is 0.462. The minimum Gasteiger partial charge on any atom is -0.497 e. The fourth-order valence-electron chi connectivity index (χ4n) is 2.89. The average Bonchev–Trinajstić information content (AvgIpc) is 3.20. The number of nitrogens with one attached hydrogen (secondary N) is 2. The van der Waals surface area contributed by atoms with Crippen LogP contribution in [0.4, 0.5) is 10.4 Å². The molecule has 0 aliphatic rings. The van der Waals surface area contributed by atoms with Crippen molar-refractivity contribution in [1.82, 2.24) is 15.3 Å². The molecule has 0 spiro atoms. The number of nitrogens with zero attached hydrogens (tertiary/aromatic N) is 2. The normalized spacial score (nSPS) is 10.7. The maximum Gasteiger partial charge on any atom is 0.295 e. The Morgan fingerprint density at radius 3 is 2.71 bits per heavy atom. The molecule has 4 aromatic rings. The van der Waals surface area contributed by atoms with Crippen molar-refractivity contribution in [3.63, 3.8) is 0 Å². The highest BCUT2D eigenvalue weighted by molar-refractivity contribution is 5.92. The van der Waals surface area contributed by atoms with Crippen LogP contribution in [0.15, 0.2) is 59.1 Å². The molecule has 2 heterocycles. The SMILES string of the molecule is CNC(=O)c1cc(Oc2ccc3nc(NCc4cc(OC)ccc4F)oc3c2)ccn1. The number of hydrogen-bond donors (Lipinski definition) is 2. The number of rotatable bonds is 7. The molecule has 2 N–H and O–H groups in total. The Kier molecular flexibility index (Phi) is 5.65. The number of ether oxygens (including phenoxy) is 2. The second-order valence-corrected chi connectivity index (χ2v) is 6.52. The van der Waals surface area contributed by atoms with E-state index in [9.17, 15) is 9.18 Å². The van der Waals surface area contributed by atoms with Crippen LogP contribution in [0.2, 0.25) is 0 Å². The first kappa shape index (κ1) is 20.1. The summed E-state index contributed by atoms with van der Waals surface area (Å²) in [6, 6.07) is 13.1. The number of methoxy groups -OCH3 is 1. The zero-order valence-corrected chi connectivity index (χ0v) is 16.8. The average molecular weight is 422 g/mol. The van der Waals surface area contributed by atoms with Gasteiger partial charge in [0.1, 0.15) is 34.3 Å². The van der Waals surface area contributed by atoms with Gasteiger partial charge in [-0.25, -0.2) is 4.39 Å². The standard InChI is InChI=1S/C22H19FN4O4/c1-24-21(28)19-10-16(7-8-25-19)30-15-4-6-18-20(11-15)31-22(27-18)26-12-13-9-14(29-2)3-5-17(13)23/h3-11H,12H2,1-2H3,(H,24,28)(H,26,27). The summed E-state index contributed by atoms with van der Waals surface area (Å²) < 4.78 is 30.6. The van der Waals surface area contributed by atoms with Crippen molar-refractivity contribution in [2.75, 3.05) is 19.5 Å². The minimum absolute atomic E-state index is 0.179. The monoisotopic (exact) mass is 422 g/mol. The summed E-state index contributed by atoms with van der Waals surface area (Å²) in [7, 11) is 3.06. The molecule has 8 nitrogen and oxygen atoms in total. The highest BCUT2D eigenvalue weighted by Gasteiger charge is 2.11. The first-order valence-electron chi connectivity index (χ1n) is 9.38. The van der Waals surface area contributed by atoms with Gasteiger partial charge in [-0.1, -0.05) is 0 Å². The van der Waals surface area contributed by atoms with Gasteiger partial charge in [0.05, 0.1) is 7.11 Å². The van der Waals surface area contributed by atoms with E-state index in [2.05, 4.69) is 20.6 Å². The molecule has 0 atom stereocenters. The zero-order valence-electron chi connectivity index (χ0n) is 16.8. The lowest BCUT2D eigenvalue weighted by Crippen LogP contribution is -2.18. The van der Waals surface area contributed by atoms with E-state index in [1.54, 1.807) is 42.5 Å². The van der Waals surface area contributed by atoms with E-state index in [1.807, 2.05) is 0 Å². The Hall–Kier alpha value is -4.14. The molecule has 0 radical (unpaired) electrons. The molecule has 0 fully saturated rings. The van der Waals surface area contributed by atoms with Crippen LogP contribution in [0, 0.1) is 5.82 Å². The molecule has 0 saturated heterocycles. The molecule has 31 heavy (non-hydrogen) atoms. The summed E-state index contributed by atoms with van der Waals surface area (Å²) in [5.41, 5.74) is 1.78. The van der Waals surface area contributed by atoms with E-state index < -0.39 is 0 Å². The van der Waals surface area contributed by atoms with Crippen molar-refractivity contribution in [1.29, 1.82) is 0 Å². The van der Waals surface area contributed by atoms with E-state index in [0.29, 0.717) is 33.9 Å². The molecule has 2 aromatic heterocycles. The maximum absolute atomic E-state index is 14.0. The smallest absolute Gasteiger partial charge is 0.295 e. The molecule has 2 aromatic carbocycles. The molecule has 158 valence electrons. The van der Waals surface area contributed by atoms with Gasteiger partial charge in [-0.05, 0) is 36.4 Å². The number of pyridine rings is 1. The van der Waals surface area contributed by atoms with Gasteiger partial charge in [0.15, 0.2) is 5.58 Å². The third-order valence-corrected chi connectivity index (χ3v) is 4.47. The highest BCUT2D eigenvalue weighted by Crippen LogP contribution is 2.28. The predicted molar refractivity (Wildman–Crippen MR) is 112 cm³/mol. The van der Waals surface area contributed by atoms with Gasteiger partial charge >= 0.3 is 0 Å². The third-order valence-electron chi connectivity index (χ3n) is 4.47. The first-order valence-corrected chi connectivity index (χ1v) is 9.38. The number of carbonyl (C=O) groups is 1. The van der Waals surface area contributed by atoms with Crippen LogP contribution in [0.1, 0.15) is 16.1 Å². The summed E-state index contributed by atoms with van der Waals surface area (Å²) >= 11 is 0. The van der Waals surface area contributed by atoms with Gasteiger partial charge in [-0.15, -0.1) is 0 Å². The number of amides is 1. The van der Waals surface area contributed by atoms with Crippen molar-refractivity contribution in [3.05, 3.63) is 71.8 Å². The Labute approximate surface area is 177 Å². The number of anilines is 1. The van der Waals surface area contributed by atoms with Crippen molar-refractivity contribution >= 4 is 23.0 Å². The number of hydrogen-bond acceptors (Lipinski definition) is 7. The van der Waals surface area contributed by atoms with Crippen molar-refractivity contribution in [2.24, 2.45) is 0 Å². The van der Waals surface area contributed by atoms with Crippen LogP contribution in [0.5, 0.6) is 17.2 Å². The van der Waals surface area contributed by atoms with Crippen LogP contribution in [0.25, 0.3) is 11.1 Å². The number of oxazole rings is 1. The zero-order chi connectivity index (χ0) is 21.8. The summed E-state index contributed by atoms with van der Waals surface area (Å²) in [6.07, 6.45) is 1.49. The molecule has 1 amide bonds. The molecule has 4 rings (SSSR count). The van der Waals surface area contributed by atoms with E-state index in [1.165, 1.54) is 26.4 Å². The van der Waals surface area contributed by atoms with E-state index in [-0.39, 0.29) is 30.0 Å². The van der Waals surface area contributed by atoms with Crippen LogP contribution in [-0.2, 0) is 6.54 Å². The minimum atomic E-state index is -0.353. The lowest BCUT2D eigenvalue weighted by molar-refractivity contribution is 0.0958. The van der Waals surface area contributed by atoms with E-state index in [0.717, 1.165) is 0 Å². The van der Waals surface area contributed by atoms with Crippen LogP contribution >= 0.6 is 0 Å². The fraction of sp³-hybridized carbons (Fsp3) is 0.136. The highest BCUT2D eigenvalue weighted by atomic mass is 19.1. The summed E-state index contributed by atoms with van der Waals surface area (Å²) in [5.74, 6) is 0.864. The topological polar surface area (TPSA) is 98.5 Å². The predicted octanol–water partition coefficient (Wildman–Crippen LogP) is 4.13. The Morgan fingerprint density at radius 2 is 1.90 bits per heavy atom. The summed E-state index contributed by atoms with van der Waals surface area (Å²) in [5, 5.41) is 5.49. The van der Waals surface area contributed by atoms with Crippen LogP contribution in [0.3, 0.4) is 0 Å². The molecule has 0 unspecified atom stereocenters. The van der Waals surface area contributed by atoms with Gasteiger partial charge < -0.3 is 24.5 Å². The van der Waals surface area contributed by atoms with Crippen molar-refractivity contribution in [2.45, 2.75) is 6.54 Å². The maximum atomic E-state index is 14.0. The molecule has 0 bridgehead atoms. The van der Waals surface area contributed by atoms with Crippen LogP contribution in [-0.4, -0.2) is 30.0 Å². The molecule has 0 saturated carbocycles.